The number of para-hydroxylation sites is 1. The molecule has 2 aromatic carbocycles. The van der Waals surface area contributed by atoms with Crippen LogP contribution in [-0.4, -0.2) is 64.8 Å². The average molecular weight is 474 g/mol. The summed E-state index contributed by atoms with van der Waals surface area (Å²) in [5.41, 5.74) is 5.58. The molecule has 0 aliphatic carbocycles. The van der Waals surface area contributed by atoms with Gasteiger partial charge in [-0.05, 0) is 56.7 Å². The number of hydrogen-bond acceptors (Lipinski definition) is 5. The number of hydrogen-bond donors (Lipinski definition) is 0. The molecule has 7 heteroatoms. The highest BCUT2D eigenvalue weighted by atomic mass is 16.5. The van der Waals surface area contributed by atoms with E-state index in [9.17, 15) is 4.79 Å². The Morgan fingerprint density at radius 3 is 2.49 bits per heavy atom. The Hall–Kier alpha value is -3.32. The summed E-state index contributed by atoms with van der Waals surface area (Å²) in [4.78, 5) is 20.2. The van der Waals surface area contributed by atoms with Gasteiger partial charge in [0.15, 0.2) is 0 Å². The van der Waals surface area contributed by atoms with E-state index >= 15 is 0 Å². The first-order valence-corrected chi connectivity index (χ1v) is 12.6. The molecule has 1 atom stereocenters. The summed E-state index contributed by atoms with van der Waals surface area (Å²) in [5.74, 6) is 0.965. The maximum Gasteiger partial charge on any atom is 0.247 e. The monoisotopic (exact) mass is 473 g/mol. The molecular formula is C28H35N5O2. The van der Waals surface area contributed by atoms with Crippen molar-refractivity contribution in [1.82, 2.24) is 19.6 Å². The Kier molecular flexibility index (Phi) is 6.77. The topological polar surface area (TPSA) is 53.8 Å². The zero-order valence-corrected chi connectivity index (χ0v) is 21.0. The Morgan fingerprint density at radius 1 is 1.00 bits per heavy atom. The SMILES string of the molecule is Cc1cc(C)n(C(C)C(=O)N2CCOc3ccc(CN4CCN(c5ccccc5)CC4)cc3C2)n1. The van der Waals surface area contributed by atoms with E-state index in [1.165, 1.54) is 11.3 Å². The van der Waals surface area contributed by atoms with E-state index in [0.717, 1.165) is 55.4 Å². The van der Waals surface area contributed by atoms with Gasteiger partial charge in [-0.2, -0.15) is 5.10 Å². The molecule has 2 aliphatic rings. The number of nitrogens with zero attached hydrogens (tertiary/aromatic N) is 5. The van der Waals surface area contributed by atoms with Crippen molar-refractivity contribution in [3.05, 3.63) is 77.1 Å². The fourth-order valence-corrected chi connectivity index (χ4v) is 5.20. The third-order valence-corrected chi connectivity index (χ3v) is 7.09. The molecule has 0 saturated carbocycles. The van der Waals surface area contributed by atoms with Crippen LogP contribution < -0.4 is 9.64 Å². The number of amides is 1. The summed E-state index contributed by atoms with van der Waals surface area (Å²) in [6, 6.07) is 18.8. The first-order chi connectivity index (χ1) is 17.0. The zero-order valence-electron chi connectivity index (χ0n) is 21.0. The second-order valence-corrected chi connectivity index (χ2v) is 9.70. The number of piperazine rings is 1. The number of carbonyl (C=O) groups excluding carboxylic acids is 1. The van der Waals surface area contributed by atoms with E-state index < -0.39 is 0 Å². The van der Waals surface area contributed by atoms with Crippen LogP contribution in [0.2, 0.25) is 0 Å². The maximum atomic E-state index is 13.4. The molecule has 184 valence electrons. The number of anilines is 1. The van der Waals surface area contributed by atoms with Gasteiger partial charge in [0, 0.05) is 56.2 Å². The van der Waals surface area contributed by atoms with Gasteiger partial charge in [0.05, 0.1) is 12.2 Å². The highest BCUT2D eigenvalue weighted by Gasteiger charge is 2.27. The highest BCUT2D eigenvalue weighted by Crippen LogP contribution is 2.27. The summed E-state index contributed by atoms with van der Waals surface area (Å²) in [6.07, 6.45) is 0. The van der Waals surface area contributed by atoms with Crippen LogP contribution in [0.15, 0.2) is 54.6 Å². The van der Waals surface area contributed by atoms with E-state index in [2.05, 4.69) is 63.4 Å². The van der Waals surface area contributed by atoms with E-state index in [1.54, 1.807) is 0 Å². The molecule has 1 unspecified atom stereocenters. The minimum atomic E-state index is -0.339. The van der Waals surface area contributed by atoms with Crippen molar-refractivity contribution in [2.24, 2.45) is 0 Å². The second kappa shape index (κ2) is 10.1. The van der Waals surface area contributed by atoms with Crippen LogP contribution in [0.5, 0.6) is 5.75 Å². The number of fused-ring (bicyclic) bond motifs is 1. The molecule has 3 aromatic rings. The fourth-order valence-electron chi connectivity index (χ4n) is 5.20. The number of ether oxygens (including phenoxy) is 1. The third-order valence-electron chi connectivity index (χ3n) is 7.09. The Bertz CT molecular complexity index is 1170. The lowest BCUT2D eigenvalue weighted by Crippen LogP contribution is -2.45. The standard InChI is InChI=1S/C28H35N5O2/c1-21-17-22(2)33(29-21)23(3)28(34)32-15-16-35-27-10-9-24(18-25(27)20-32)19-30-11-13-31(14-12-30)26-7-5-4-6-8-26/h4-10,17-18,23H,11-16,19-20H2,1-3H3. The normalized spacial score (nSPS) is 17.5. The van der Waals surface area contributed by atoms with Crippen molar-refractivity contribution in [3.63, 3.8) is 0 Å². The second-order valence-electron chi connectivity index (χ2n) is 9.70. The lowest BCUT2D eigenvalue weighted by Gasteiger charge is -2.36. The number of carbonyl (C=O) groups is 1. The summed E-state index contributed by atoms with van der Waals surface area (Å²) < 4.78 is 7.84. The summed E-state index contributed by atoms with van der Waals surface area (Å²) in [7, 11) is 0. The zero-order chi connectivity index (χ0) is 24.4. The van der Waals surface area contributed by atoms with Crippen molar-refractivity contribution in [2.45, 2.75) is 39.9 Å². The van der Waals surface area contributed by atoms with Gasteiger partial charge in [-0.25, -0.2) is 0 Å². The predicted molar refractivity (Wildman–Crippen MR) is 138 cm³/mol. The molecule has 5 rings (SSSR count). The van der Waals surface area contributed by atoms with Crippen LogP contribution in [0.1, 0.15) is 35.5 Å². The van der Waals surface area contributed by atoms with E-state index in [0.29, 0.717) is 19.7 Å². The number of rotatable bonds is 5. The van der Waals surface area contributed by atoms with Crippen molar-refractivity contribution < 1.29 is 9.53 Å². The predicted octanol–water partition coefficient (Wildman–Crippen LogP) is 3.80. The Morgan fingerprint density at radius 2 is 1.77 bits per heavy atom. The molecule has 1 saturated heterocycles. The molecular weight excluding hydrogens is 438 g/mol. The lowest BCUT2D eigenvalue weighted by molar-refractivity contribution is -0.135. The van der Waals surface area contributed by atoms with Gasteiger partial charge in [-0.15, -0.1) is 0 Å². The third kappa shape index (κ3) is 5.20. The van der Waals surface area contributed by atoms with Crippen LogP contribution >= 0.6 is 0 Å². The van der Waals surface area contributed by atoms with E-state index in [4.69, 9.17) is 4.74 Å². The lowest BCUT2D eigenvalue weighted by atomic mass is 10.1. The minimum absolute atomic E-state index is 0.0788. The molecule has 35 heavy (non-hydrogen) atoms. The van der Waals surface area contributed by atoms with Crippen LogP contribution in [0.3, 0.4) is 0 Å². The molecule has 0 bridgehead atoms. The van der Waals surface area contributed by atoms with Crippen LogP contribution in [0, 0.1) is 13.8 Å². The number of aryl methyl sites for hydroxylation is 2. The van der Waals surface area contributed by atoms with Crippen LogP contribution in [0.25, 0.3) is 0 Å². The molecule has 7 nitrogen and oxygen atoms in total. The van der Waals surface area contributed by atoms with Gasteiger partial charge in [-0.3, -0.25) is 14.4 Å². The van der Waals surface area contributed by atoms with Gasteiger partial charge in [0.1, 0.15) is 18.4 Å². The fraction of sp³-hybridized carbons (Fsp3) is 0.429. The molecule has 1 aromatic heterocycles. The molecule has 0 radical (unpaired) electrons. The molecule has 0 spiro atoms. The summed E-state index contributed by atoms with van der Waals surface area (Å²) in [5, 5.41) is 4.53. The van der Waals surface area contributed by atoms with Crippen LogP contribution in [0.4, 0.5) is 5.69 Å². The maximum absolute atomic E-state index is 13.4. The number of benzene rings is 2. The first kappa shape index (κ1) is 23.4. The van der Waals surface area contributed by atoms with Crippen molar-refractivity contribution in [2.75, 3.05) is 44.2 Å². The molecule has 3 heterocycles. The van der Waals surface area contributed by atoms with Crippen LogP contribution in [-0.2, 0) is 17.9 Å². The minimum Gasteiger partial charge on any atom is -0.491 e. The van der Waals surface area contributed by atoms with E-state index in [-0.39, 0.29) is 11.9 Å². The quantitative estimate of drug-likeness (QED) is 0.564. The van der Waals surface area contributed by atoms with Gasteiger partial charge >= 0.3 is 0 Å². The highest BCUT2D eigenvalue weighted by molar-refractivity contribution is 5.80. The molecule has 1 fully saturated rings. The molecule has 2 aliphatic heterocycles. The largest absolute Gasteiger partial charge is 0.491 e. The van der Waals surface area contributed by atoms with Gasteiger partial charge in [0.2, 0.25) is 5.91 Å². The van der Waals surface area contributed by atoms with E-state index in [1.807, 2.05) is 36.4 Å². The van der Waals surface area contributed by atoms with Gasteiger partial charge in [0.25, 0.3) is 0 Å². The number of aromatic nitrogens is 2. The summed E-state index contributed by atoms with van der Waals surface area (Å²) >= 11 is 0. The van der Waals surface area contributed by atoms with Crippen molar-refractivity contribution in [3.8, 4) is 5.75 Å². The van der Waals surface area contributed by atoms with Crippen molar-refractivity contribution >= 4 is 11.6 Å². The van der Waals surface area contributed by atoms with Crippen molar-refractivity contribution in [1.29, 1.82) is 0 Å². The van der Waals surface area contributed by atoms with Gasteiger partial charge < -0.3 is 14.5 Å². The average Bonchev–Trinajstić information content (AvgIpc) is 3.08. The Labute approximate surface area is 207 Å². The van der Waals surface area contributed by atoms with Gasteiger partial charge in [-0.1, -0.05) is 24.3 Å². The Balaban J connectivity index is 1.24. The molecule has 0 N–H and O–H groups in total. The summed E-state index contributed by atoms with van der Waals surface area (Å²) in [6.45, 7) is 12.6. The first-order valence-electron chi connectivity index (χ1n) is 12.6. The smallest absolute Gasteiger partial charge is 0.247 e. The molecule has 1 amide bonds.